The van der Waals surface area contributed by atoms with Crippen LogP contribution in [0.1, 0.15) is 59.6 Å². The van der Waals surface area contributed by atoms with Gasteiger partial charge in [-0.3, -0.25) is 0 Å². The molecule has 2 aromatic rings. The zero-order chi connectivity index (χ0) is 15.9. The monoisotopic (exact) mass is 290 g/mol. The maximum Gasteiger partial charge on any atom is 0.0127 e. The number of allylic oxidation sites excluding steroid dienone is 1. The van der Waals surface area contributed by atoms with Crippen molar-refractivity contribution in [2.24, 2.45) is 5.92 Å². The lowest BCUT2D eigenvalue weighted by atomic mass is 9.79. The molecule has 0 fully saturated rings. The molecule has 3 rings (SSSR count). The third kappa shape index (κ3) is 2.31. The highest BCUT2D eigenvalue weighted by atomic mass is 14.3. The highest BCUT2D eigenvalue weighted by Gasteiger charge is 2.30. The van der Waals surface area contributed by atoms with Crippen molar-refractivity contribution in [3.05, 3.63) is 69.8 Å². The van der Waals surface area contributed by atoms with Gasteiger partial charge in [-0.25, -0.2) is 0 Å². The average Bonchev–Trinajstić information content (AvgIpc) is 2.91. The minimum Gasteiger partial charge on any atom is -0.0651 e. The van der Waals surface area contributed by atoms with Crippen LogP contribution >= 0.6 is 0 Å². The SMILES string of the molecule is CCC(C)C1C(c2ccc(C)c(C)c2C)=Cc2ccccc21. The van der Waals surface area contributed by atoms with Crippen molar-refractivity contribution in [1.82, 2.24) is 0 Å². The van der Waals surface area contributed by atoms with Crippen molar-refractivity contribution >= 4 is 11.6 Å². The zero-order valence-electron chi connectivity index (χ0n) is 14.4. The van der Waals surface area contributed by atoms with E-state index in [-0.39, 0.29) is 0 Å². The normalized spacial score (nSPS) is 18.0. The van der Waals surface area contributed by atoms with Crippen LogP contribution in [0.15, 0.2) is 36.4 Å². The van der Waals surface area contributed by atoms with E-state index in [1.165, 1.54) is 45.4 Å². The van der Waals surface area contributed by atoms with Gasteiger partial charge in [0.05, 0.1) is 0 Å². The van der Waals surface area contributed by atoms with Crippen LogP contribution in [-0.2, 0) is 0 Å². The van der Waals surface area contributed by atoms with Crippen LogP contribution < -0.4 is 0 Å². The Balaban J connectivity index is 2.16. The van der Waals surface area contributed by atoms with E-state index < -0.39 is 0 Å². The topological polar surface area (TPSA) is 0 Å². The van der Waals surface area contributed by atoms with Crippen molar-refractivity contribution < 1.29 is 0 Å². The van der Waals surface area contributed by atoms with Crippen molar-refractivity contribution in [2.75, 3.05) is 0 Å². The summed E-state index contributed by atoms with van der Waals surface area (Å²) in [4.78, 5) is 0. The summed E-state index contributed by atoms with van der Waals surface area (Å²) in [6.45, 7) is 11.4. The molecule has 0 heteroatoms. The largest absolute Gasteiger partial charge is 0.0651 e. The van der Waals surface area contributed by atoms with E-state index in [4.69, 9.17) is 0 Å². The van der Waals surface area contributed by atoms with E-state index >= 15 is 0 Å². The van der Waals surface area contributed by atoms with Crippen molar-refractivity contribution in [2.45, 2.75) is 47.0 Å². The molecule has 2 atom stereocenters. The number of rotatable bonds is 3. The second kappa shape index (κ2) is 5.76. The molecule has 22 heavy (non-hydrogen) atoms. The molecular weight excluding hydrogens is 264 g/mol. The van der Waals surface area contributed by atoms with Gasteiger partial charge in [0.1, 0.15) is 0 Å². The van der Waals surface area contributed by atoms with Crippen molar-refractivity contribution in [3.8, 4) is 0 Å². The lowest BCUT2D eigenvalue weighted by Crippen LogP contribution is -2.10. The van der Waals surface area contributed by atoms with Crippen LogP contribution in [-0.4, -0.2) is 0 Å². The Labute approximate surface area is 134 Å². The Morgan fingerprint density at radius 1 is 0.955 bits per heavy atom. The molecule has 2 aromatic carbocycles. The molecule has 0 radical (unpaired) electrons. The molecule has 0 aliphatic heterocycles. The van der Waals surface area contributed by atoms with E-state index in [2.05, 4.69) is 77.1 Å². The minimum atomic E-state index is 0.530. The van der Waals surface area contributed by atoms with Gasteiger partial charge in [0.2, 0.25) is 0 Å². The predicted octanol–water partition coefficient (Wildman–Crippen LogP) is 6.30. The second-order valence-corrected chi connectivity index (χ2v) is 6.77. The summed E-state index contributed by atoms with van der Waals surface area (Å²) < 4.78 is 0. The minimum absolute atomic E-state index is 0.530. The third-order valence-electron chi connectivity index (χ3n) is 5.56. The average molecular weight is 290 g/mol. The van der Waals surface area contributed by atoms with Gasteiger partial charge in [-0.15, -0.1) is 0 Å². The van der Waals surface area contributed by atoms with E-state index in [0.29, 0.717) is 11.8 Å². The van der Waals surface area contributed by atoms with Gasteiger partial charge in [-0.2, -0.15) is 0 Å². The molecule has 0 saturated heterocycles. The molecule has 1 aliphatic carbocycles. The van der Waals surface area contributed by atoms with E-state index in [1.807, 2.05) is 0 Å². The Bertz CT molecular complexity index is 734. The summed E-state index contributed by atoms with van der Waals surface area (Å²) >= 11 is 0. The van der Waals surface area contributed by atoms with Crippen LogP contribution in [0.2, 0.25) is 0 Å². The summed E-state index contributed by atoms with van der Waals surface area (Å²) in [5.74, 6) is 1.19. The molecule has 0 amide bonds. The van der Waals surface area contributed by atoms with Crippen LogP contribution in [0.25, 0.3) is 11.6 Å². The molecule has 0 nitrogen and oxygen atoms in total. The zero-order valence-corrected chi connectivity index (χ0v) is 14.4. The maximum absolute atomic E-state index is 2.42. The van der Waals surface area contributed by atoms with Gasteiger partial charge < -0.3 is 0 Å². The molecule has 0 bridgehead atoms. The number of hydrogen-bond donors (Lipinski definition) is 0. The fourth-order valence-electron chi connectivity index (χ4n) is 3.71. The van der Waals surface area contributed by atoms with Crippen molar-refractivity contribution in [1.29, 1.82) is 0 Å². The van der Waals surface area contributed by atoms with Crippen LogP contribution in [0.3, 0.4) is 0 Å². The van der Waals surface area contributed by atoms with Crippen molar-refractivity contribution in [3.63, 3.8) is 0 Å². The van der Waals surface area contributed by atoms with Gasteiger partial charge in [0.25, 0.3) is 0 Å². The summed E-state index contributed by atoms with van der Waals surface area (Å²) in [6, 6.07) is 13.5. The van der Waals surface area contributed by atoms with Gasteiger partial charge >= 0.3 is 0 Å². The van der Waals surface area contributed by atoms with Gasteiger partial charge in [-0.05, 0) is 65.6 Å². The molecule has 114 valence electrons. The van der Waals surface area contributed by atoms with Gasteiger partial charge in [0, 0.05) is 5.92 Å². The summed E-state index contributed by atoms with van der Waals surface area (Å²) in [6.07, 6.45) is 3.63. The van der Waals surface area contributed by atoms with Gasteiger partial charge in [0.15, 0.2) is 0 Å². The van der Waals surface area contributed by atoms with E-state index in [9.17, 15) is 0 Å². The standard InChI is InChI=1S/C22H26/c1-6-14(2)22-20-10-8-7-9-18(20)13-21(22)19-12-11-15(3)16(4)17(19)5/h7-14,22H,6H2,1-5H3. The lowest BCUT2D eigenvalue weighted by molar-refractivity contribution is 0.520. The summed E-state index contributed by atoms with van der Waals surface area (Å²) in [5.41, 5.74) is 10.1. The lowest BCUT2D eigenvalue weighted by Gasteiger charge is -2.25. The van der Waals surface area contributed by atoms with Crippen LogP contribution in [0.5, 0.6) is 0 Å². The molecular formula is C22H26. The van der Waals surface area contributed by atoms with E-state index in [0.717, 1.165) is 0 Å². The number of aryl methyl sites for hydroxylation is 1. The number of hydrogen-bond acceptors (Lipinski definition) is 0. The molecule has 2 unspecified atom stereocenters. The Kier molecular flexibility index (Phi) is 3.95. The fraction of sp³-hybridized carbons (Fsp3) is 0.364. The molecule has 0 aromatic heterocycles. The first kappa shape index (κ1) is 15.1. The number of fused-ring (bicyclic) bond motifs is 1. The molecule has 0 N–H and O–H groups in total. The highest BCUT2D eigenvalue weighted by molar-refractivity contribution is 5.92. The second-order valence-electron chi connectivity index (χ2n) is 6.77. The first-order chi connectivity index (χ1) is 10.5. The first-order valence-corrected chi connectivity index (χ1v) is 8.42. The molecule has 0 spiro atoms. The smallest absolute Gasteiger partial charge is 0.0127 e. The third-order valence-corrected chi connectivity index (χ3v) is 5.56. The van der Waals surface area contributed by atoms with Gasteiger partial charge in [-0.1, -0.05) is 62.7 Å². The Morgan fingerprint density at radius 3 is 2.41 bits per heavy atom. The molecule has 0 heterocycles. The Hall–Kier alpha value is -1.82. The quantitative estimate of drug-likeness (QED) is 0.622. The fourth-order valence-corrected chi connectivity index (χ4v) is 3.71. The Morgan fingerprint density at radius 2 is 1.68 bits per heavy atom. The summed E-state index contributed by atoms with van der Waals surface area (Å²) in [7, 11) is 0. The van der Waals surface area contributed by atoms with Crippen LogP contribution in [0, 0.1) is 26.7 Å². The maximum atomic E-state index is 2.42. The molecule has 1 aliphatic rings. The number of benzene rings is 2. The van der Waals surface area contributed by atoms with E-state index in [1.54, 1.807) is 0 Å². The first-order valence-electron chi connectivity index (χ1n) is 8.42. The predicted molar refractivity (Wildman–Crippen MR) is 97.2 cm³/mol. The highest BCUT2D eigenvalue weighted by Crippen LogP contribution is 2.47. The van der Waals surface area contributed by atoms with Crippen LogP contribution in [0.4, 0.5) is 0 Å². The molecule has 0 saturated carbocycles. The summed E-state index contributed by atoms with van der Waals surface area (Å²) in [5, 5.41) is 0.